The summed E-state index contributed by atoms with van der Waals surface area (Å²) in [4.78, 5) is 17.2. The summed E-state index contributed by atoms with van der Waals surface area (Å²) in [6, 6.07) is 3.94. The van der Waals surface area contributed by atoms with Crippen molar-refractivity contribution < 1.29 is 9.90 Å². The first-order valence-electron chi connectivity index (χ1n) is 7.62. The Labute approximate surface area is 154 Å². The lowest BCUT2D eigenvalue weighted by molar-refractivity contribution is -0.122. The molecule has 0 aliphatic carbocycles. The highest BCUT2D eigenvalue weighted by Gasteiger charge is 2.21. The highest BCUT2D eigenvalue weighted by atomic mass is 35.5. The lowest BCUT2D eigenvalue weighted by Gasteiger charge is -2.35. The first-order valence-corrected chi connectivity index (χ1v) is 8.50. The molecule has 2 heterocycles. The van der Waals surface area contributed by atoms with Crippen molar-refractivity contribution >= 4 is 42.1 Å². The second-order valence-corrected chi connectivity index (χ2v) is 6.44. The van der Waals surface area contributed by atoms with Crippen LogP contribution in [0, 0.1) is 0 Å². The molecule has 1 atom stereocenters. The van der Waals surface area contributed by atoms with Crippen LogP contribution in [0.1, 0.15) is 24.3 Å². The lowest BCUT2D eigenvalue weighted by Crippen LogP contribution is -2.50. The molecule has 134 valence electrons. The van der Waals surface area contributed by atoms with Crippen LogP contribution in [0.2, 0.25) is 0 Å². The van der Waals surface area contributed by atoms with Gasteiger partial charge in [0.05, 0.1) is 6.54 Å². The van der Waals surface area contributed by atoms with E-state index in [0.29, 0.717) is 13.1 Å². The fourth-order valence-electron chi connectivity index (χ4n) is 2.47. The molecule has 1 aromatic rings. The molecule has 2 rings (SSSR count). The SMILES string of the molecule is CCCNC(=O)CN1CCN(CC(O)c2cccs2)CC1.Cl.Cl. The number of hydrogen-bond acceptors (Lipinski definition) is 5. The number of thiophene rings is 1. The topological polar surface area (TPSA) is 55.8 Å². The van der Waals surface area contributed by atoms with Crippen molar-refractivity contribution in [2.24, 2.45) is 0 Å². The first-order chi connectivity index (χ1) is 10.2. The van der Waals surface area contributed by atoms with Gasteiger partial charge in [-0.2, -0.15) is 0 Å². The van der Waals surface area contributed by atoms with Crippen LogP contribution < -0.4 is 5.32 Å². The number of β-amino-alcohol motifs (C(OH)–C–C–N with tert-alkyl or cyclic N) is 1. The minimum Gasteiger partial charge on any atom is -0.386 e. The maximum absolute atomic E-state index is 11.7. The summed E-state index contributed by atoms with van der Waals surface area (Å²) >= 11 is 1.60. The number of carbonyl (C=O) groups is 1. The minimum atomic E-state index is -0.399. The molecule has 1 aliphatic heterocycles. The fourth-order valence-corrected chi connectivity index (χ4v) is 3.17. The molecule has 0 saturated carbocycles. The standard InChI is InChI=1S/C15H25N3O2S.2ClH/c1-2-5-16-15(20)12-18-8-6-17(7-9-18)11-13(19)14-4-3-10-21-14;;/h3-4,10,13,19H,2,5-9,11-12H2,1H3,(H,16,20);2*1H. The van der Waals surface area contributed by atoms with Crippen molar-refractivity contribution in [3.05, 3.63) is 22.4 Å². The highest BCUT2D eigenvalue weighted by Crippen LogP contribution is 2.20. The molecule has 0 spiro atoms. The van der Waals surface area contributed by atoms with Gasteiger partial charge in [0.15, 0.2) is 0 Å². The zero-order chi connectivity index (χ0) is 15.1. The summed E-state index contributed by atoms with van der Waals surface area (Å²) in [5.41, 5.74) is 0. The van der Waals surface area contributed by atoms with Crippen LogP contribution in [0.25, 0.3) is 0 Å². The summed E-state index contributed by atoms with van der Waals surface area (Å²) in [5, 5.41) is 15.1. The zero-order valence-electron chi connectivity index (χ0n) is 13.4. The van der Waals surface area contributed by atoms with Gasteiger partial charge in [0, 0.05) is 44.1 Å². The number of aliphatic hydroxyl groups excluding tert-OH is 1. The maximum atomic E-state index is 11.7. The molecule has 0 bridgehead atoms. The molecule has 5 nitrogen and oxygen atoms in total. The van der Waals surface area contributed by atoms with Gasteiger partial charge in [-0.1, -0.05) is 13.0 Å². The van der Waals surface area contributed by atoms with E-state index in [1.807, 2.05) is 17.5 Å². The predicted molar refractivity (Wildman–Crippen MR) is 100.0 cm³/mol. The van der Waals surface area contributed by atoms with Crippen LogP contribution in [0.4, 0.5) is 0 Å². The van der Waals surface area contributed by atoms with Crippen molar-refractivity contribution in [2.75, 3.05) is 45.8 Å². The van der Waals surface area contributed by atoms with Gasteiger partial charge in [-0.3, -0.25) is 14.6 Å². The second-order valence-electron chi connectivity index (χ2n) is 5.46. The molecule has 1 aromatic heterocycles. The lowest BCUT2D eigenvalue weighted by atomic mass is 10.2. The Morgan fingerprint density at radius 2 is 1.96 bits per heavy atom. The molecule has 23 heavy (non-hydrogen) atoms. The Kier molecular flexibility index (Phi) is 11.9. The average molecular weight is 384 g/mol. The van der Waals surface area contributed by atoms with Gasteiger partial charge in [0.2, 0.25) is 5.91 Å². The van der Waals surface area contributed by atoms with Crippen molar-refractivity contribution in [2.45, 2.75) is 19.4 Å². The quantitative estimate of drug-likeness (QED) is 0.753. The Hall–Kier alpha value is -0.370. The van der Waals surface area contributed by atoms with Crippen LogP contribution in [0.3, 0.4) is 0 Å². The third kappa shape index (κ3) is 7.83. The smallest absolute Gasteiger partial charge is 0.234 e. The van der Waals surface area contributed by atoms with Crippen molar-refractivity contribution in [3.8, 4) is 0 Å². The summed E-state index contributed by atoms with van der Waals surface area (Å²) < 4.78 is 0. The Morgan fingerprint density at radius 1 is 1.30 bits per heavy atom. The van der Waals surface area contributed by atoms with E-state index >= 15 is 0 Å². The molecule has 8 heteroatoms. The fraction of sp³-hybridized carbons (Fsp3) is 0.667. The van der Waals surface area contributed by atoms with E-state index in [1.54, 1.807) is 11.3 Å². The van der Waals surface area contributed by atoms with Crippen LogP contribution in [0.15, 0.2) is 17.5 Å². The van der Waals surface area contributed by atoms with E-state index in [1.165, 1.54) is 0 Å². The maximum Gasteiger partial charge on any atom is 0.234 e. The molecule has 0 aromatic carbocycles. The summed E-state index contributed by atoms with van der Waals surface area (Å²) in [7, 11) is 0. The second kappa shape index (κ2) is 12.1. The zero-order valence-corrected chi connectivity index (χ0v) is 15.9. The van der Waals surface area contributed by atoms with E-state index in [9.17, 15) is 9.90 Å². The normalized spacial score (nSPS) is 17.0. The molecular weight excluding hydrogens is 357 g/mol. The number of nitrogens with zero attached hydrogens (tertiary/aromatic N) is 2. The number of amides is 1. The van der Waals surface area contributed by atoms with Gasteiger partial charge in [0.25, 0.3) is 0 Å². The number of hydrogen-bond donors (Lipinski definition) is 2. The molecule has 2 N–H and O–H groups in total. The third-order valence-corrected chi connectivity index (χ3v) is 4.68. The van der Waals surface area contributed by atoms with Crippen LogP contribution >= 0.6 is 36.2 Å². The molecule has 0 radical (unpaired) electrons. The van der Waals surface area contributed by atoms with Gasteiger partial charge in [-0.15, -0.1) is 36.2 Å². The molecule has 1 unspecified atom stereocenters. The molecular formula is C15H27Cl2N3O2S. The third-order valence-electron chi connectivity index (χ3n) is 3.71. The summed E-state index contributed by atoms with van der Waals surface area (Å²) in [6.45, 7) is 7.56. The minimum absolute atomic E-state index is 0. The Bertz CT molecular complexity index is 426. The average Bonchev–Trinajstić information content (AvgIpc) is 3.01. The number of nitrogens with one attached hydrogen (secondary N) is 1. The van der Waals surface area contributed by atoms with Crippen molar-refractivity contribution in [1.29, 1.82) is 0 Å². The monoisotopic (exact) mass is 383 g/mol. The van der Waals surface area contributed by atoms with E-state index in [-0.39, 0.29) is 30.7 Å². The van der Waals surface area contributed by atoms with Gasteiger partial charge in [-0.25, -0.2) is 0 Å². The number of piperazine rings is 1. The van der Waals surface area contributed by atoms with E-state index in [2.05, 4.69) is 22.0 Å². The molecule has 1 fully saturated rings. The number of rotatable bonds is 7. The van der Waals surface area contributed by atoms with Gasteiger partial charge in [-0.05, 0) is 17.9 Å². The van der Waals surface area contributed by atoms with E-state index in [4.69, 9.17) is 0 Å². The number of carbonyl (C=O) groups excluding carboxylic acids is 1. The number of halogens is 2. The number of aliphatic hydroxyl groups is 1. The summed E-state index contributed by atoms with van der Waals surface area (Å²) in [5.74, 6) is 0.115. The van der Waals surface area contributed by atoms with Crippen LogP contribution in [-0.4, -0.2) is 66.6 Å². The van der Waals surface area contributed by atoms with Crippen molar-refractivity contribution in [3.63, 3.8) is 0 Å². The van der Waals surface area contributed by atoms with Crippen LogP contribution in [0.5, 0.6) is 0 Å². The molecule has 1 saturated heterocycles. The van der Waals surface area contributed by atoms with Gasteiger partial charge < -0.3 is 10.4 Å². The van der Waals surface area contributed by atoms with Gasteiger partial charge >= 0.3 is 0 Å². The Morgan fingerprint density at radius 3 is 2.52 bits per heavy atom. The first kappa shape index (κ1) is 22.6. The molecule has 1 aliphatic rings. The largest absolute Gasteiger partial charge is 0.386 e. The van der Waals surface area contributed by atoms with E-state index < -0.39 is 6.10 Å². The predicted octanol–water partition coefficient (Wildman–Crippen LogP) is 1.77. The van der Waals surface area contributed by atoms with Gasteiger partial charge in [0.1, 0.15) is 6.10 Å². The Balaban J connectivity index is 0.00000242. The van der Waals surface area contributed by atoms with Crippen LogP contribution in [-0.2, 0) is 4.79 Å². The summed E-state index contributed by atoms with van der Waals surface area (Å²) in [6.07, 6.45) is 0.574. The molecule has 1 amide bonds. The van der Waals surface area contributed by atoms with Crippen molar-refractivity contribution in [1.82, 2.24) is 15.1 Å². The van der Waals surface area contributed by atoms with E-state index in [0.717, 1.165) is 44.0 Å². The highest BCUT2D eigenvalue weighted by molar-refractivity contribution is 7.10.